The van der Waals surface area contributed by atoms with Gasteiger partial charge in [-0.05, 0) is 42.9 Å². The Morgan fingerprint density at radius 2 is 1.90 bits per heavy atom. The van der Waals surface area contributed by atoms with Crippen LogP contribution in [0.1, 0.15) is 5.56 Å². The third-order valence-electron chi connectivity index (χ3n) is 2.81. The van der Waals surface area contributed by atoms with Crippen LogP contribution in [0.25, 0.3) is 0 Å². The number of pyridine rings is 1. The Hall–Kier alpha value is -2.12. The number of hydrogen-bond donors (Lipinski definition) is 3. The van der Waals surface area contributed by atoms with Crippen molar-refractivity contribution in [2.75, 3.05) is 18.1 Å². The lowest BCUT2D eigenvalue weighted by molar-refractivity contribution is 0.588. The maximum Gasteiger partial charge on any atom is 0.242 e. The van der Waals surface area contributed by atoms with Crippen LogP contribution in [0.2, 0.25) is 0 Å². The maximum atomic E-state index is 11.7. The second-order valence-electron chi connectivity index (χ2n) is 4.17. The number of nitrogen functional groups attached to an aromatic ring is 1. The first-order valence-corrected chi connectivity index (χ1v) is 7.47. The van der Waals surface area contributed by atoms with Crippen molar-refractivity contribution in [2.45, 2.75) is 11.4 Å². The molecule has 2 rings (SSSR count). The van der Waals surface area contributed by atoms with Crippen molar-refractivity contribution in [3.63, 3.8) is 0 Å². The fourth-order valence-corrected chi connectivity index (χ4v) is 2.55. The van der Waals surface area contributed by atoms with Gasteiger partial charge in [0, 0.05) is 24.6 Å². The highest BCUT2D eigenvalue weighted by Crippen LogP contribution is 2.22. The molecule has 7 heteroatoms. The van der Waals surface area contributed by atoms with E-state index in [0.29, 0.717) is 6.54 Å². The zero-order valence-electron chi connectivity index (χ0n) is 11.0. The van der Waals surface area contributed by atoms with Crippen molar-refractivity contribution in [2.24, 2.45) is 0 Å². The molecule has 2 aromatic rings. The molecule has 0 saturated carbocycles. The number of nitrogens with zero attached hydrogens (tertiary/aromatic N) is 1. The Morgan fingerprint density at radius 3 is 2.50 bits per heavy atom. The SMILES string of the molecule is CNS(=O)(=O)c1ccc(NCc2ccncc2)cc1N. The van der Waals surface area contributed by atoms with E-state index in [-0.39, 0.29) is 10.6 Å². The molecule has 0 fully saturated rings. The van der Waals surface area contributed by atoms with E-state index in [4.69, 9.17) is 5.73 Å². The largest absolute Gasteiger partial charge is 0.398 e. The fraction of sp³-hybridized carbons (Fsp3) is 0.154. The summed E-state index contributed by atoms with van der Waals surface area (Å²) in [5.74, 6) is 0. The molecule has 6 nitrogen and oxygen atoms in total. The Bertz CT molecular complexity index is 687. The van der Waals surface area contributed by atoms with Crippen LogP contribution in [0.15, 0.2) is 47.6 Å². The zero-order chi connectivity index (χ0) is 14.6. The lowest BCUT2D eigenvalue weighted by Crippen LogP contribution is -2.20. The van der Waals surface area contributed by atoms with Gasteiger partial charge < -0.3 is 11.1 Å². The number of aromatic nitrogens is 1. The first kappa shape index (κ1) is 14.3. The molecule has 0 aliphatic rings. The van der Waals surface area contributed by atoms with E-state index in [1.165, 1.54) is 13.1 Å². The summed E-state index contributed by atoms with van der Waals surface area (Å²) in [5.41, 5.74) is 7.82. The highest BCUT2D eigenvalue weighted by molar-refractivity contribution is 7.89. The highest BCUT2D eigenvalue weighted by Gasteiger charge is 2.15. The molecule has 1 heterocycles. The molecular formula is C13H16N4O2S. The molecule has 1 aromatic heterocycles. The van der Waals surface area contributed by atoms with Gasteiger partial charge in [-0.15, -0.1) is 0 Å². The smallest absolute Gasteiger partial charge is 0.242 e. The molecule has 1 aromatic carbocycles. The van der Waals surface area contributed by atoms with Gasteiger partial charge in [-0.1, -0.05) is 0 Å². The molecule has 0 aliphatic carbocycles. The van der Waals surface area contributed by atoms with E-state index < -0.39 is 10.0 Å². The van der Waals surface area contributed by atoms with Crippen LogP contribution in [0.4, 0.5) is 11.4 Å². The standard InChI is InChI=1S/C13H16N4O2S/c1-15-20(18,19)13-3-2-11(8-12(13)14)17-9-10-4-6-16-7-5-10/h2-8,15,17H,9,14H2,1H3. The number of benzene rings is 1. The van der Waals surface area contributed by atoms with Gasteiger partial charge in [0.2, 0.25) is 10.0 Å². The molecule has 106 valence electrons. The van der Waals surface area contributed by atoms with Crippen molar-refractivity contribution in [3.8, 4) is 0 Å². The average molecular weight is 292 g/mol. The minimum atomic E-state index is -3.52. The summed E-state index contributed by atoms with van der Waals surface area (Å²) in [5, 5.41) is 3.18. The van der Waals surface area contributed by atoms with E-state index in [0.717, 1.165) is 11.3 Å². The first-order chi connectivity index (χ1) is 9.53. The van der Waals surface area contributed by atoms with E-state index in [2.05, 4.69) is 15.0 Å². The van der Waals surface area contributed by atoms with Crippen molar-refractivity contribution >= 4 is 21.4 Å². The van der Waals surface area contributed by atoms with Crippen LogP contribution in [0.5, 0.6) is 0 Å². The van der Waals surface area contributed by atoms with Crippen LogP contribution in [-0.4, -0.2) is 20.4 Å². The predicted octanol–water partition coefficient (Wildman–Crippen LogP) is 1.18. The van der Waals surface area contributed by atoms with E-state index in [1.54, 1.807) is 24.5 Å². The van der Waals surface area contributed by atoms with Gasteiger partial charge in [0.05, 0.1) is 5.69 Å². The van der Waals surface area contributed by atoms with Crippen molar-refractivity contribution in [3.05, 3.63) is 48.3 Å². The van der Waals surface area contributed by atoms with Crippen molar-refractivity contribution in [1.82, 2.24) is 9.71 Å². The normalized spacial score (nSPS) is 11.2. The molecule has 0 radical (unpaired) electrons. The number of nitrogens with two attached hydrogens (primary N) is 1. The van der Waals surface area contributed by atoms with Crippen LogP contribution < -0.4 is 15.8 Å². The van der Waals surface area contributed by atoms with Gasteiger partial charge in [0.1, 0.15) is 4.90 Å². The van der Waals surface area contributed by atoms with Crippen LogP contribution >= 0.6 is 0 Å². The first-order valence-electron chi connectivity index (χ1n) is 5.99. The highest BCUT2D eigenvalue weighted by atomic mass is 32.2. The summed E-state index contributed by atoms with van der Waals surface area (Å²) < 4.78 is 25.6. The molecule has 0 amide bonds. The molecular weight excluding hydrogens is 276 g/mol. The van der Waals surface area contributed by atoms with Gasteiger partial charge in [-0.2, -0.15) is 0 Å². The predicted molar refractivity (Wildman–Crippen MR) is 78.7 cm³/mol. The third kappa shape index (κ3) is 3.25. The van der Waals surface area contributed by atoms with Crippen LogP contribution in [-0.2, 0) is 16.6 Å². The van der Waals surface area contributed by atoms with Gasteiger partial charge in [-0.3, -0.25) is 4.98 Å². The number of rotatable bonds is 5. The summed E-state index contributed by atoms with van der Waals surface area (Å²) in [6, 6.07) is 8.57. The molecule has 0 bridgehead atoms. The van der Waals surface area contributed by atoms with Crippen LogP contribution in [0, 0.1) is 0 Å². The number of sulfonamides is 1. The molecule has 0 spiro atoms. The number of hydrogen-bond acceptors (Lipinski definition) is 5. The van der Waals surface area contributed by atoms with Crippen molar-refractivity contribution < 1.29 is 8.42 Å². The number of anilines is 2. The van der Waals surface area contributed by atoms with E-state index in [1.807, 2.05) is 12.1 Å². The Balaban J connectivity index is 2.14. The molecule has 0 unspecified atom stereocenters. The molecule has 20 heavy (non-hydrogen) atoms. The number of nitrogens with one attached hydrogen (secondary N) is 2. The topological polar surface area (TPSA) is 97.1 Å². The van der Waals surface area contributed by atoms with Gasteiger partial charge in [-0.25, -0.2) is 13.1 Å². The average Bonchev–Trinajstić information content (AvgIpc) is 2.46. The third-order valence-corrected chi connectivity index (χ3v) is 4.30. The van der Waals surface area contributed by atoms with Gasteiger partial charge >= 0.3 is 0 Å². The molecule has 0 atom stereocenters. The minimum absolute atomic E-state index is 0.0782. The summed E-state index contributed by atoms with van der Waals surface area (Å²) >= 11 is 0. The second kappa shape index (κ2) is 5.89. The van der Waals surface area contributed by atoms with Gasteiger partial charge in [0.25, 0.3) is 0 Å². The quantitative estimate of drug-likeness (QED) is 0.719. The summed E-state index contributed by atoms with van der Waals surface area (Å²) in [6.45, 7) is 0.611. The maximum absolute atomic E-state index is 11.7. The molecule has 0 aliphatic heterocycles. The Morgan fingerprint density at radius 1 is 1.20 bits per heavy atom. The Kier molecular flexibility index (Phi) is 4.21. The molecule has 0 saturated heterocycles. The summed E-state index contributed by atoms with van der Waals surface area (Å²) in [6.07, 6.45) is 3.43. The lowest BCUT2D eigenvalue weighted by Gasteiger charge is -2.10. The Labute approximate surface area is 118 Å². The van der Waals surface area contributed by atoms with E-state index in [9.17, 15) is 8.42 Å². The van der Waals surface area contributed by atoms with Crippen molar-refractivity contribution in [1.29, 1.82) is 0 Å². The fourth-order valence-electron chi connectivity index (χ4n) is 1.72. The van der Waals surface area contributed by atoms with E-state index >= 15 is 0 Å². The molecule has 4 N–H and O–H groups in total. The minimum Gasteiger partial charge on any atom is -0.398 e. The second-order valence-corrected chi connectivity index (χ2v) is 6.02. The summed E-state index contributed by atoms with van der Waals surface area (Å²) in [4.78, 5) is 4.02. The lowest BCUT2D eigenvalue weighted by atomic mass is 10.2. The monoisotopic (exact) mass is 292 g/mol. The van der Waals surface area contributed by atoms with Gasteiger partial charge in [0.15, 0.2) is 0 Å². The van der Waals surface area contributed by atoms with Crippen LogP contribution in [0.3, 0.4) is 0 Å². The summed E-state index contributed by atoms with van der Waals surface area (Å²) in [7, 11) is -2.17. The zero-order valence-corrected chi connectivity index (χ0v) is 11.8.